The Morgan fingerprint density at radius 3 is 2.67 bits per heavy atom. The topological polar surface area (TPSA) is 63.1 Å². The molecule has 0 radical (unpaired) electrons. The summed E-state index contributed by atoms with van der Waals surface area (Å²) in [5.41, 5.74) is 0. The van der Waals surface area contributed by atoms with Crippen molar-refractivity contribution in [2.45, 2.75) is 6.92 Å². The van der Waals surface area contributed by atoms with E-state index in [2.05, 4.69) is 9.36 Å². The summed E-state index contributed by atoms with van der Waals surface area (Å²) in [6.07, 6.45) is 0. The van der Waals surface area contributed by atoms with Crippen LogP contribution in [0, 0.1) is 6.92 Å². The zero-order valence-electron chi connectivity index (χ0n) is 4.66. The largest absolute Gasteiger partial charge is 0.476 e. The molecule has 0 spiro atoms. The molecule has 0 aliphatic carbocycles. The fourth-order valence-electron chi connectivity index (χ4n) is 0.384. The summed E-state index contributed by atoms with van der Waals surface area (Å²) in [6.45, 7) is 1.66. The van der Waals surface area contributed by atoms with Crippen molar-refractivity contribution in [1.29, 1.82) is 0 Å². The van der Waals surface area contributed by atoms with Gasteiger partial charge in [0.1, 0.15) is 5.82 Å². The Morgan fingerprint density at radius 2 is 2.44 bits per heavy atom. The number of carbonyl (C=O) groups is 1. The van der Waals surface area contributed by atoms with Crippen molar-refractivity contribution in [3.8, 4) is 0 Å². The average Bonchev–Trinajstić information content (AvgIpc) is 2.14. The van der Waals surface area contributed by atoms with E-state index in [-0.39, 0.29) is 5.01 Å². The smallest absolute Gasteiger partial charge is 0.366 e. The maximum Gasteiger partial charge on any atom is 0.366 e. The zero-order valence-corrected chi connectivity index (χ0v) is 5.47. The van der Waals surface area contributed by atoms with Crippen molar-refractivity contribution >= 4 is 17.5 Å². The summed E-state index contributed by atoms with van der Waals surface area (Å²) in [7, 11) is 0. The third-order valence-electron chi connectivity index (χ3n) is 0.711. The molecule has 0 amide bonds. The first-order valence-corrected chi connectivity index (χ1v) is 3.01. The van der Waals surface area contributed by atoms with Crippen LogP contribution in [0.2, 0.25) is 0 Å². The van der Waals surface area contributed by atoms with Gasteiger partial charge in [-0.3, -0.25) is 0 Å². The fraction of sp³-hybridized carbons (Fsp3) is 0.250. The van der Waals surface area contributed by atoms with Crippen LogP contribution in [0.3, 0.4) is 0 Å². The Kier molecular flexibility index (Phi) is 1.44. The third-order valence-corrected chi connectivity index (χ3v) is 1.50. The Morgan fingerprint density at radius 1 is 1.78 bits per heavy atom. The highest BCUT2D eigenvalue weighted by Crippen LogP contribution is 2.01. The van der Waals surface area contributed by atoms with Gasteiger partial charge < -0.3 is 5.11 Å². The number of carboxylic acid groups (broad SMARTS) is 1. The summed E-state index contributed by atoms with van der Waals surface area (Å²) >= 11 is 0.897. The second-order valence-corrected chi connectivity index (χ2v) is 2.20. The van der Waals surface area contributed by atoms with Crippen molar-refractivity contribution < 1.29 is 9.90 Å². The Balaban J connectivity index is 2.98. The van der Waals surface area contributed by atoms with Gasteiger partial charge in [0.05, 0.1) is 0 Å². The number of nitrogens with zero attached hydrogens (tertiary/aromatic N) is 2. The van der Waals surface area contributed by atoms with Gasteiger partial charge in [-0.25, -0.2) is 9.78 Å². The molecule has 0 aliphatic rings. The van der Waals surface area contributed by atoms with E-state index in [9.17, 15) is 4.79 Å². The minimum Gasteiger partial charge on any atom is -0.476 e. The highest BCUT2D eigenvalue weighted by atomic mass is 32.1. The van der Waals surface area contributed by atoms with Gasteiger partial charge in [0, 0.05) is 0 Å². The highest BCUT2D eigenvalue weighted by Gasteiger charge is 2.06. The van der Waals surface area contributed by atoms with E-state index in [1.807, 2.05) is 0 Å². The zero-order chi connectivity index (χ0) is 6.85. The molecule has 5 heteroatoms. The van der Waals surface area contributed by atoms with Crippen molar-refractivity contribution in [3.05, 3.63) is 10.8 Å². The molecule has 1 rings (SSSR count). The van der Waals surface area contributed by atoms with Gasteiger partial charge in [0.2, 0.25) is 5.01 Å². The molecule has 0 bridgehead atoms. The van der Waals surface area contributed by atoms with Crippen LogP contribution in [0.15, 0.2) is 0 Å². The monoisotopic (exact) mass is 144 g/mol. The summed E-state index contributed by atoms with van der Waals surface area (Å²) < 4.78 is 3.69. The van der Waals surface area contributed by atoms with Gasteiger partial charge >= 0.3 is 5.97 Å². The standard InChI is InChI=1S/C4H4N2O2S/c1-2-5-3(4(7)8)9-6-2/h1H3,(H,7,8). The summed E-state index contributed by atoms with van der Waals surface area (Å²) in [5, 5.41) is 8.35. The Bertz CT molecular complexity index is 232. The molecule has 0 aromatic carbocycles. The Hall–Kier alpha value is -0.970. The van der Waals surface area contributed by atoms with Gasteiger partial charge in [-0.05, 0) is 18.5 Å². The first-order valence-electron chi connectivity index (χ1n) is 2.24. The number of carboxylic acids is 1. The van der Waals surface area contributed by atoms with Crippen molar-refractivity contribution in [1.82, 2.24) is 9.36 Å². The van der Waals surface area contributed by atoms with E-state index in [1.165, 1.54) is 0 Å². The summed E-state index contributed by atoms with van der Waals surface area (Å²) in [6, 6.07) is 0. The number of hydrogen-bond donors (Lipinski definition) is 1. The van der Waals surface area contributed by atoms with E-state index >= 15 is 0 Å². The summed E-state index contributed by atoms with van der Waals surface area (Å²) in [4.78, 5) is 13.7. The van der Waals surface area contributed by atoms with Crippen LogP contribution in [0.5, 0.6) is 0 Å². The molecule has 1 aromatic rings. The van der Waals surface area contributed by atoms with Gasteiger partial charge in [-0.1, -0.05) is 0 Å². The average molecular weight is 144 g/mol. The van der Waals surface area contributed by atoms with Crippen LogP contribution in [-0.4, -0.2) is 20.4 Å². The van der Waals surface area contributed by atoms with Gasteiger partial charge in [0.15, 0.2) is 0 Å². The molecule has 0 saturated heterocycles. The molecule has 1 heterocycles. The predicted molar refractivity (Wildman–Crippen MR) is 31.6 cm³/mol. The van der Waals surface area contributed by atoms with Crippen molar-refractivity contribution in [2.75, 3.05) is 0 Å². The minimum atomic E-state index is -1.01. The van der Waals surface area contributed by atoms with Crippen LogP contribution < -0.4 is 0 Å². The van der Waals surface area contributed by atoms with E-state index in [1.54, 1.807) is 6.92 Å². The maximum absolute atomic E-state index is 10.1. The first-order chi connectivity index (χ1) is 4.20. The lowest BCUT2D eigenvalue weighted by atomic mass is 10.7. The van der Waals surface area contributed by atoms with E-state index < -0.39 is 5.97 Å². The number of hydrogen-bond acceptors (Lipinski definition) is 4. The Labute approximate surface area is 55.3 Å². The highest BCUT2D eigenvalue weighted by molar-refractivity contribution is 7.07. The number of rotatable bonds is 1. The van der Waals surface area contributed by atoms with Gasteiger partial charge in [-0.2, -0.15) is 4.37 Å². The molecule has 1 aromatic heterocycles. The molecule has 0 aliphatic heterocycles. The number of aromatic carboxylic acids is 1. The minimum absolute atomic E-state index is 0.0486. The second-order valence-electron chi connectivity index (χ2n) is 1.45. The molecular formula is C4H4N2O2S. The summed E-state index contributed by atoms with van der Waals surface area (Å²) in [5.74, 6) is -0.502. The maximum atomic E-state index is 10.1. The van der Waals surface area contributed by atoms with E-state index in [4.69, 9.17) is 5.11 Å². The lowest BCUT2D eigenvalue weighted by Gasteiger charge is -1.76. The lowest BCUT2D eigenvalue weighted by molar-refractivity contribution is 0.0696. The van der Waals surface area contributed by atoms with Crippen LogP contribution in [-0.2, 0) is 0 Å². The first kappa shape index (κ1) is 6.15. The third kappa shape index (κ3) is 1.23. The van der Waals surface area contributed by atoms with Gasteiger partial charge in [0.25, 0.3) is 0 Å². The normalized spacial score (nSPS) is 9.44. The van der Waals surface area contributed by atoms with Crippen LogP contribution >= 0.6 is 11.5 Å². The molecule has 0 unspecified atom stereocenters. The van der Waals surface area contributed by atoms with Crippen molar-refractivity contribution in [2.24, 2.45) is 0 Å². The van der Waals surface area contributed by atoms with Gasteiger partial charge in [-0.15, -0.1) is 0 Å². The molecule has 0 saturated carbocycles. The fourth-order valence-corrected chi connectivity index (χ4v) is 0.894. The molecule has 4 nitrogen and oxygen atoms in total. The molecular weight excluding hydrogens is 140 g/mol. The van der Waals surface area contributed by atoms with Crippen molar-refractivity contribution in [3.63, 3.8) is 0 Å². The van der Waals surface area contributed by atoms with E-state index in [0.29, 0.717) is 5.82 Å². The predicted octanol–water partition coefficient (Wildman–Crippen LogP) is 0.545. The van der Waals surface area contributed by atoms with E-state index in [0.717, 1.165) is 11.5 Å². The molecule has 0 fully saturated rings. The molecule has 0 atom stereocenters. The second kappa shape index (κ2) is 2.10. The number of aryl methyl sites for hydroxylation is 1. The molecule has 1 N–H and O–H groups in total. The molecule has 9 heavy (non-hydrogen) atoms. The van der Waals surface area contributed by atoms with Crippen LogP contribution in [0.4, 0.5) is 0 Å². The lowest BCUT2D eigenvalue weighted by Crippen LogP contribution is -1.93. The van der Waals surface area contributed by atoms with Crippen LogP contribution in [0.1, 0.15) is 15.6 Å². The quantitative estimate of drug-likeness (QED) is 0.625. The SMILES string of the molecule is Cc1nsc(C(=O)O)n1. The number of aromatic nitrogens is 2. The molecule has 48 valence electrons. The van der Waals surface area contributed by atoms with Crippen LogP contribution in [0.25, 0.3) is 0 Å².